The number of nitrogens with one attached hydrogen (secondary N) is 1. The molecule has 2 aromatic rings. The fourth-order valence-electron chi connectivity index (χ4n) is 2.04. The summed E-state index contributed by atoms with van der Waals surface area (Å²) >= 11 is 5.77. The molecule has 2 rings (SSSR count). The minimum absolute atomic E-state index is 0.0370. The molecule has 0 aliphatic rings. The van der Waals surface area contributed by atoms with Crippen molar-refractivity contribution in [2.45, 2.75) is 18.7 Å². The number of alkyl halides is 1. The van der Waals surface area contributed by atoms with Crippen molar-refractivity contribution >= 4 is 17.5 Å². The molecule has 0 saturated heterocycles. The lowest BCUT2D eigenvalue weighted by molar-refractivity contribution is 0.0953. The molecule has 1 N–H and O–H groups in total. The molecule has 0 saturated carbocycles. The van der Waals surface area contributed by atoms with E-state index in [0.29, 0.717) is 18.0 Å². The molecule has 0 aromatic heterocycles. The van der Waals surface area contributed by atoms with Crippen LogP contribution in [0.25, 0.3) is 0 Å². The van der Waals surface area contributed by atoms with Gasteiger partial charge in [0.05, 0.1) is 0 Å². The van der Waals surface area contributed by atoms with E-state index < -0.39 is 0 Å². The maximum Gasteiger partial charge on any atom is 0.251 e. The Labute approximate surface area is 124 Å². The van der Waals surface area contributed by atoms with Gasteiger partial charge in [0, 0.05) is 18.0 Å². The fourth-order valence-corrected chi connectivity index (χ4v) is 2.20. The van der Waals surface area contributed by atoms with E-state index >= 15 is 0 Å². The molecular weight excluding hydrogens is 270 g/mol. The zero-order valence-corrected chi connectivity index (χ0v) is 12.1. The number of aryl methyl sites for hydroxylation is 1. The van der Waals surface area contributed by atoms with Gasteiger partial charge in [0.1, 0.15) is 0 Å². The predicted molar refractivity (Wildman–Crippen MR) is 83.1 cm³/mol. The molecular formula is C17H18ClNO. The van der Waals surface area contributed by atoms with E-state index in [-0.39, 0.29) is 5.91 Å². The number of amides is 1. The molecule has 0 atom stereocenters. The lowest BCUT2D eigenvalue weighted by Crippen LogP contribution is -2.24. The highest BCUT2D eigenvalue weighted by Gasteiger charge is 2.05. The Kier molecular flexibility index (Phi) is 5.63. The van der Waals surface area contributed by atoms with Gasteiger partial charge in [-0.15, -0.1) is 11.6 Å². The van der Waals surface area contributed by atoms with Gasteiger partial charge in [-0.2, -0.15) is 0 Å². The molecule has 0 heterocycles. The SMILES string of the molecule is O=C(NCCCc1ccccc1)c1cccc(CCl)c1. The zero-order chi connectivity index (χ0) is 14.2. The lowest BCUT2D eigenvalue weighted by Gasteiger charge is -2.06. The normalized spacial score (nSPS) is 10.2. The highest BCUT2D eigenvalue weighted by Crippen LogP contribution is 2.08. The van der Waals surface area contributed by atoms with Gasteiger partial charge in [-0.05, 0) is 36.1 Å². The van der Waals surface area contributed by atoms with Crippen LogP contribution < -0.4 is 5.32 Å². The first kappa shape index (κ1) is 14.6. The van der Waals surface area contributed by atoms with Gasteiger partial charge in [0.15, 0.2) is 0 Å². The fraction of sp³-hybridized carbons (Fsp3) is 0.235. The average molecular weight is 288 g/mol. The number of hydrogen-bond acceptors (Lipinski definition) is 1. The quantitative estimate of drug-likeness (QED) is 0.636. The Morgan fingerprint density at radius 3 is 2.50 bits per heavy atom. The first-order valence-corrected chi connectivity index (χ1v) is 7.30. The van der Waals surface area contributed by atoms with Crippen LogP contribution >= 0.6 is 11.6 Å². The second-order valence-corrected chi connectivity index (χ2v) is 4.95. The topological polar surface area (TPSA) is 29.1 Å². The Morgan fingerprint density at radius 2 is 1.75 bits per heavy atom. The van der Waals surface area contributed by atoms with Gasteiger partial charge in [-0.1, -0.05) is 42.5 Å². The highest BCUT2D eigenvalue weighted by molar-refractivity contribution is 6.17. The Morgan fingerprint density at radius 1 is 1.00 bits per heavy atom. The molecule has 0 aliphatic heterocycles. The van der Waals surface area contributed by atoms with Gasteiger partial charge in [0.25, 0.3) is 5.91 Å². The van der Waals surface area contributed by atoms with Crippen molar-refractivity contribution in [1.82, 2.24) is 5.32 Å². The van der Waals surface area contributed by atoms with Crippen molar-refractivity contribution < 1.29 is 4.79 Å². The van der Waals surface area contributed by atoms with Crippen LogP contribution in [-0.4, -0.2) is 12.5 Å². The van der Waals surface area contributed by atoms with E-state index in [1.807, 2.05) is 42.5 Å². The van der Waals surface area contributed by atoms with Crippen molar-refractivity contribution in [3.05, 3.63) is 71.3 Å². The summed E-state index contributed by atoms with van der Waals surface area (Å²) in [4.78, 5) is 12.0. The molecule has 0 aliphatic carbocycles. The molecule has 0 fully saturated rings. The van der Waals surface area contributed by atoms with Crippen molar-refractivity contribution in [3.63, 3.8) is 0 Å². The van der Waals surface area contributed by atoms with Gasteiger partial charge in [-0.25, -0.2) is 0 Å². The smallest absolute Gasteiger partial charge is 0.251 e. The van der Waals surface area contributed by atoms with Crippen LogP contribution in [0.1, 0.15) is 27.9 Å². The number of hydrogen-bond donors (Lipinski definition) is 1. The van der Waals surface area contributed by atoms with E-state index in [1.165, 1.54) is 5.56 Å². The van der Waals surface area contributed by atoms with Crippen LogP contribution in [0, 0.1) is 0 Å². The van der Waals surface area contributed by atoms with Crippen LogP contribution in [0.4, 0.5) is 0 Å². The molecule has 2 nitrogen and oxygen atoms in total. The molecule has 1 amide bonds. The lowest BCUT2D eigenvalue weighted by atomic mass is 10.1. The maximum absolute atomic E-state index is 12.0. The number of carbonyl (C=O) groups excluding carboxylic acids is 1. The first-order chi connectivity index (χ1) is 9.79. The van der Waals surface area contributed by atoms with Crippen LogP contribution in [0.2, 0.25) is 0 Å². The summed E-state index contributed by atoms with van der Waals surface area (Å²) in [6.45, 7) is 0.679. The van der Waals surface area contributed by atoms with Gasteiger partial charge >= 0.3 is 0 Å². The Bertz CT molecular complexity index is 554. The molecule has 0 bridgehead atoms. The Balaban J connectivity index is 1.77. The van der Waals surface area contributed by atoms with Crippen molar-refractivity contribution in [2.24, 2.45) is 0 Å². The van der Waals surface area contributed by atoms with Gasteiger partial charge in [0.2, 0.25) is 0 Å². The van der Waals surface area contributed by atoms with E-state index in [2.05, 4.69) is 17.4 Å². The van der Waals surface area contributed by atoms with Crippen molar-refractivity contribution in [3.8, 4) is 0 Å². The number of benzene rings is 2. The van der Waals surface area contributed by atoms with E-state index in [9.17, 15) is 4.79 Å². The van der Waals surface area contributed by atoms with E-state index in [0.717, 1.165) is 18.4 Å². The predicted octanol–water partition coefficient (Wildman–Crippen LogP) is 3.79. The van der Waals surface area contributed by atoms with Crippen molar-refractivity contribution in [1.29, 1.82) is 0 Å². The summed E-state index contributed by atoms with van der Waals surface area (Å²) in [5.74, 6) is 0.389. The number of halogens is 1. The Hall–Kier alpha value is -1.80. The number of rotatable bonds is 6. The second kappa shape index (κ2) is 7.71. The molecule has 20 heavy (non-hydrogen) atoms. The highest BCUT2D eigenvalue weighted by atomic mass is 35.5. The van der Waals surface area contributed by atoms with E-state index in [1.54, 1.807) is 0 Å². The van der Waals surface area contributed by atoms with Gasteiger partial charge in [-0.3, -0.25) is 4.79 Å². The minimum atomic E-state index is -0.0370. The van der Waals surface area contributed by atoms with Crippen LogP contribution in [0.15, 0.2) is 54.6 Å². The summed E-state index contributed by atoms with van der Waals surface area (Å²) < 4.78 is 0. The summed E-state index contributed by atoms with van der Waals surface area (Å²) in [6.07, 6.45) is 1.91. The summed E-state index contributed by atoms with van der Waals surface area (Å²) in [6, 6.07) is 17.7. The summed E-state index contributed by atoms with van der Waals surface area (Å²) in [5, 5.41) is 2.94. The van der Waals surface area contributed by atoms with E-state index in [4.69, 9.17) is 11.6 Å². The molecule has 0 radical (unpaired) electrons. The molecule has 2 aromatic carbocycles. The first-order valence-electron chi connectivity index (χ1n) is 6.76. The van der Waals surface area contributed by atoms with Crippen LogP contribution in [0.3, 0.4) is 0 Å². The summed E-state index contributed by atoms with van der Waals surface area (Å²) in [5.41, 5.74) is 2.93. The third kappa shape index (κ3) is 4.39. The third-order valence-corrected chi connectivity index (χ3v) is 3.42. The molecule has 0 spiro atoms. The molecule has 3 heteroatoms. The second-order valence-electron chi connectivity index (χ2n) is 4.68. The monoisotopic (exact) mass is 287 g/mol. The number of carbonyl (C=O) groups is 1. The maximum atomic E-state index is 12.0. The minimum Gasteiger partial charge on any atom is -0.352 e. The zero-order valence-electron chi connectivity index (χ0n) is 11.3. The summed E-state index contributed by atoms with van der Waals surface area (Å²) in [7, 11) is 0. The standard InChI is InChI=1S/C17H18ClNO/c18-13-15-8-4-10-16(12-15)17(20)19-11-5-9-14-6-2-1-3-7-14/h1-4,6-8,10,12H,5,9,11,13H2,(H,19,20). The molecule has 104 valence electrons. The van der Waals surface area contributed by atoms with Gasteiger partial charge < -0.3 is 5.32 Å². The largest absolute Gasteiger partial charge is 0.352 e. The average Bonchev–Trinajstić information content (AvgIpc) is 2.52. The van der Waals surface area contributed by atoms with Crippen LogP contribution in [0.5, 0.6) is 0 Å². The van der Waals surface area contributed by atoms with Crippen molar-refractivity contribution in [2.75, 3.05) is 6.54 Å². The molecule has 0 unspecified atom stereocenters. The third-order valence-electron chi connectivity index (χ3n) is 3.11. The van der Waals surface area contributed by atoms with Crippen LogP contribution in [-0.2, 0) is 12.3 Å².